The fraction of sp³-hybridized carbons (Fsp3) is 0.222. The van der Waals surface area contributed by atoms with E-state index in [-0.39, 0.29) is 25.1 Å². The Balaban J connectivity index is 1.92. The van der Waals surface area contributed by atoms with Gasteiger partial charge in [-0.1, -0.05) is 36.4 Å². The standard InChI is InChI=1S/C18H19N3O2/c19-12-14-5-4-8-16(11-14)21-18(23)13-20-17(9-10-22)15-6-2-1-3-7-15/h1-8,11,17,20,22H,9-10,13H2,(H,21,23). The Kier molecular flexibility index (Phi) is 6.30. The molecule has 3 N–H and O–H groups in total. The molecule has 5 heteroatoms. The van der Waals surface area contributed by atoms with Crippen molar-refractivity contribution in [1.82, 2.24) is 5.32 Å². The Morgan fingerprint density at radius 1 is 1.17 bits per heavy atom. The maximum atomic E-state index is 12.0. The largest absolute Gasteiger partial charge is 0.396 e. The maximum Gasteiger partial charge on any atom is 0.238 e. The molecule has 0 aromatic heterocycles. The van der Waals surface area contributed by atoms with E-state index in [0.717, 1.165) is 5.56 Å². The third-order valence-electron chi connectivity index (χ3n) is 3.40. The molecule has 0 fully saturated rings. The van der Waals surface area contributed by atoms with Crippen LogP contribution in [0.15, 0.2) is 54.6 Å². The van der Waals surface area contributed by atoms with Gasteiger partial charge >= 0.3 is 0 Å². The van der Waals surface area contributed by atoms with Gasteiger partial charge in [0.15, 0.2) is 0 Å². The van der Waals surface area contributed by atoms with Gasteiger partial charge in [0.2, 0.25) is 5.91 Å². The lowest BCUT2D eigenvalue weighted by Crippen LogP contribution is -2.31. The molecular weight excluding hydrogens is 290 g/mol. The van der Waals surface area contributed by atoms with Crippen LogP contribution >= 0.6 is 0 Å². The third kappa shape index (κ3) is 5.22. The van der Waals surface area contributed by atoms with Crippen LogP contribution in [-0.4, -0.2) is 24.2 Å². The van der Waals surface area contributed by atoms with E-state index >= 15 is 0 Å². The normalized spacial score (nSPS) is 11.5. The quantitative estimate of drug-likeness (QED) is 0.732. The van der Waals surface area contributed by atoms with Crippen molar-refractivity contribution in [2.24, 2.45) is 0 Å². The summed E-state index contributed by atoms with van der Waals surface area (Å²) in [7, 11) is 0. The molecule has 5 nitrogen and oxygen atoms in total. The number of nitriles is 1. The molecule has 2 rings (SSSR count). The Bertz CT molecular complexity index is 680. The van der Waals surface area contributed by atoms with E-state index in [2.05, 4.69) is 10.6 Å². The predicted octanol–water partition coefficient (Wildman–Crippen LogP) is 2.21. The SMILES string of the molecule is N#Cc1cccc(NC(=O)CNC(CCO)c2ccccc2)c1. The van der Waals surface area contributed by atoms with Crippen LogP contribution in [0.25, 0.3) is 0 Å². The molecule has 0 spiro atoms. The van der Waals surface area contributed by atoms with Crippen molar-refractivity contribution in [1.29, 1.82) is 5.26 Å². The topological polar surface area (TPSA) is 85.2 Å². The fourth-order valence-electron chi connectivity index (χ4n) is 2.29. The summed E-state index contributed by atoms with van der Waals surface area (Å²) < 4.78 is 0. The summed E-state index contributed by atoms with van der Waals surface area (Å²) in [6.45, 7) is 0.161. The van der Waals surface area contributed by atoms with Crippen LogP contribution in [0.4, 0.5) is 5.69 Å². The minimum Gasteiger partial charge on any atom is -0.396 e. The van der Waals surface area contributed by atoms with Crippen LogP contribution in [0.1, 0.15) is 23.6 Å². The molecule has 2 aromatic rings. The number of nitrogens with zero attached hydrogens (tertiary/aromatic N) is 1. The highest BCUT2D eigenvalue weighted by molar-refractivity contribution is 5.92. The molecular formula is C18H19N3O2. The van der Waals surface area contributed by atoms with Crippen LogP contribution in [0.2, 0.25) is 0 Å². The maximum absolute atomic E-state index is 12.0. The molecule has 0 saturated heterocycles. The third-order valence-corrected chi connectivity index (χ3v) is 3.40. The Morgan fingerprint density at radius 3 is 2.65 bits per heavy atom. The molecule has 0 aliphatic carbocycles. The smallest absolute Gasteiger partial charge is 0.238 e. The zero-order chi connectivity index (χ0) is 16.5. The number of nitrogens with one attached hydrogen (secondary N) is 2. The van der Waals surface area contributed by atoms with Gasteiger partial charge in [-0.05, 0) is 30.2 Å². The first-order valence-corrected chi connectivity index (χ1v) is 7.42. The number of benzene rings is 2. The van der Waals surface area contributed by atoms with Gasteiger partial charge in [0.1, 0.15) is 0 Å². The van der Waals surface area contributed by atoms with E-state index in [1.807, 2.05) is 36.4 Å². The molecule has 0 radical (unpaired) electrons. The van der Waals surface area contributed by atoms with Crippen molar-refractivity contribution in [2.45, 2.75) is 12.5 Å². The summed E-state index contributed by atoms with van der Waals surface area (Å²) >= 11 is 0. The van der Waals surface area contributed by atoms with Crippen molar-refractivity contribution in [3.8, 4) is 6.07 Å². The van der Waals surface area contributed by atoms with Crippen LogP contribution in [0.3, 0.4) is 0 Å². The first-order valence-electron chi connectivity index (χ1n) is 7.42. The van der Waals surface area contributed by atoms with Crippen LogP contribution < -0.4 is 10.6 Å². The minimum absolute atomic E-state index is 0.0401. The molecule has 0 aliphatic rings. The second-order valence-electron chi connectivity index (χ2n) is 5.10. The molecule has 0 heterocycles. The van der Waals surface area contributed by atoms with Gasteiger partial charge < -0.3 is 15.7 Å². The second kappa shape index (κ2) is 8.69. The molecule has 1 amide bonds. The fourth-order valence-corrected chi connectivity index (χ4v) is 2.29. The lowest BCUT2D eigenvalue weighted by molar-refractivity contribution is -0.115. The first-order chi connectivity index (χ1) is 11.2. The van der Waals surface area contributed by atoms with E-state index in [1.54, 1.807) is 24.3 Å². The second-order valence-corrected chi connectivity index (χ2v) is 5.10. The number of rotatable bonds is 7. The first kappa shape index (κ1) is 16.7. The highest BCUT2D eigenvalue weighted by Gasteiger charge is 2.12. The molecule has 0 aliphatic heterocycles. The van der Waals surface area contributed by atoms with Crippen molar-refractivity contribution in [3.63, 3.8) is 0 Å². The molecule has 118 valence electrons. The number of carbonyl (C=O) groups excluding carboxylic acids is 1. The molecule has 1 unspecified atom stereocenters. The lowest BCUT2D eigenvalue weighted by atomic mass is 10.0. The number of hydrogen-bond donors (Lipinski definition) is 3. The summed E-state index contributed by atoms with van der Waals surface area (Å²) in [5, 5.41) is 23.9. The number of aliphatic hydroxyl groups excluding tert-OH is 1. The van der Waals surface area contributed by atoms with Gasteiger partial charge in [-0.3, -0.25) is 4.79 Å². The molecule has 23 heavy (non-hydrogen) atoms. The Hall–Kier alpha value is -2.68. The van der Waals surface area contributed by atoms with Crippen LogP contribution in [0.5, 0.6) is 0 Å². The highest BCUT2D eigenvalue weighted by Crippen LogP contribution is 2.16. The Morgan fingerprint density at radius 2 is 1.96 bits per heavy atom. The summed E-state index contributed by atoms with van der Waals surface area (Å²) in [6.07, 6.45) is 0.529. The number of aliphatic hydroxyl groups is 1. The van der Waals surface area contributed by atoms with Crippen molar-refractivity contribution >= 4 is 11.6 Å². The number of anilines is 1. The molecule has 2 aromatic carbocycles. The van der Waals surface area contributed by atoms with Crippen molar-refractivity contribution in [3.05, 3.63) is 65.7 Å². The average molecular weight is 309 g/mol. The van der Waals surface area contributed by atoms with E-state index < -0.39 is 0 Å². The van der Waals surface area contributed by atoms with Crippen molar-refractivity contribution in [2.75, 3.05) is 18.5 Å². The van der Waals surface area contributed by atoms with Gasteiger partial charge in [0.05, 0.1) is 18.2 Å². The number of hydrogen-bond acceptors (Lipinski definition) is 4. The van der Waals surface area contributed by atoms with E-state index in [0.29, 0.717) is 17.7 Å². The summed E-state index contributed by atoms with van der Waals surface area (Å²) in [5.74, 6) is -0.195. The van der Waals surface area contributed by atoms with E-state index in [1.165, 1.54) is 0 Å². The summed E-state index contributed by atoms with van der Waals surface area (Å²) in [5.41, 5.74) is 2.12. The minimum atomic E-state index is -0.195. The molecule has 0 saturated carbocycles. The van der Waals surface area contributed by atoms with Crippen LogP contribution in [0, 0.1) is 11.3 Å². The van der Waals surface area contributed by atoms with Gasteiger partial charge in [-0.2, -0.15) is 5.26 Å². The van der Waals surface area contributed by atoms with Crippen molar-refractivity contribution < 1.29 is 9.90 Å². The summed E-state index contributed by atoms with van der Waals surface area (Å²) in [6, 6.07) is 18.4. The van der Waals surface area contributed by atoms with Gasteiger partial charge in [0, 0.05) is 18.3 Å². The van der Waals surface area contributed by atoms with Gasteiger partial charge in [-0.15, -0.1) is 0 Å². The number of carbonyl (C=O) groups is 1. The average Bonchev–Trinajstić information content (AvgIpc) is 2.59. The van der Waals surface area contributed by atoms with E-state index in [9.17, 15) is 9.90 Å². The zero-order valence-electron chi connectivity index (χ0n) is 12.7. The monoisotopic (exact) mass is 309 g/mol. The van der Waals surface area contributed by atoms with Gasteiger partial charge in [-0.25, -0.2) is 0 Å². The molecule has 1 atom stereocenters. The van der Waals surface area contributed by atoms with Crippen LogP contribution in [-0.2, 0) is 4.79 Å². The highest BCUT2D eigenvalue weighted by atomic mass is 16.3. The number of amides is 1. The summed E-state index contributed by atoms with van der Waals surface area (Å²) in [4.78, 5) is 12.0. The van der Waals surface area contributed by atoms with E-state index in [4.69, 9.17) is 5.26 Å². The van der Waals surface area contributed by atoms with Gasteiger partial charge in [0.25, 0.3) is 0 Å². The zero-order valence-corrected chi connectivity index (χ0v) is 12.7. The Labute approximate surface area is 135 Å². The lowest BCUT2D eigenvalue weighted by Gasteiger charge is -2.18. The molecule has 0 bridgehead atoms. The predicted molar refractivity (Wildman–Crippen MR) is 88.7 cm³/mol.